The SMILES string of the molecule is COC(=O)CCCC(C)(C)c1ccc2cc3ccc(C(C)(C)c4ccccc4)cc3cc2c1. The summed E-state index contributed by atoms with van der Waals surface area (Å²) in [4.78, 5) is 11.5. The van der Waals surface area contributed by atoms with Crippen molar-refractivity contribution in [2.24, 2.45) is 0 Å². The fourth-order valence-electron chi connectivity index (χ4n) is 4.75. The molecule has 0 bridgehead atoms. The highest BCUT2D eigenvalue weighted by atomic mass is 16.5. The van der Waals surface area contributed by atoms with Gasteiger partial charge < -0.3 is 4.74 Å². The van der Waals surface area contributed by atoms with Gasteiger partial charge in [0.15, 0.2) is 0 Å². The molecule has 0 aliphatic carbocycles. The van der Waals surface area contributed by atoms with E-state index < -0.39 is 0 Å². The van der Waals surface area contributed by atoms with Crippen LogP contribution in [0, 0.1) is 0 Å². The van der Waals surface area contributed by atoms with E-state index in [1.165, 1.54) is 45.3 Å². The van der Waals surface area contributed by atoms with Crippen molar-refractivity contribution >= 4 is 27.5 Å². The van der Waals surface area contributed by atoms with Gasteiger partial charge in [-0.3, -0.25) is 4.79 Å². The van der Waals surface area contributed by atoms with Gasteiger partial charge in [0.05, 0.1) is 7.11 Å². The summed E-state index contributed by atoms with van der Waals surface area (Å²) in [7, 11) is 1.45. The molecule has 0 aliphatic heterocycles. The fraction of sp³-hybridized carbons (Fsp3) is 0.323. The molecule has 33 heavy (non-hydrogen) atoms. The zero-order valence-electron chi connectivity index (χ0n) is 20.4. The van der Waals surface area contributed by atoms with Crippen LogP contribution in [0.15, 0.2) is 78.9 Å². The van der Waals surface area contributed by atoms with Crippen molar-refractivity contribution in [3.05, 3.63) is 95.6 Å². The first-order valence-corrected chi connectivity index (χ1v) is 11.8. The van der Waals surface area contributed by atoms with E-state index in [0.29, 0.717) is 6.42 Å². The first-order valence-electron chi connectivity index (χ1n) is 11.8. The summed E-state index contributed by atoms with van der Waals surface area (Å²) in [6.45, 7) is 9.10. The summed E-state index contributed by atoms with van der Waals surface area (Å²) >= 11 is 0. The highest BCUT2D eigenvalue weighted by Gasteiger charge is 2.24. The monoisotopic (exact) mass is 438 g/mol. The lowest BCUT2D eigenvalue weighted by Crippen LogP contribution is -2.18. The molecule has 0 unspecified atom stereocenters. The first-order chi connectivity index (χ1) is 15.7. The second-order valence-corrected chi connectivity index (χ2v) is 10.3. The summed E-state index contributed by atoms with van der Waals surface area (Å²) < 4.78 is 4.79. The Balaban J connectivity index is 1.68. The highest BCUT2D eigenvalue weighted by Crippen LogP contribution is 2.36. The van der Waals surface area contributed by atoms with Crippen LogP contribution in [0.1, 0.15) is 63.6 Å². The van der Waals surface area contributed by atoms with Crippen molar-refractivity contribution in [2.75, 3.05) is 7.11 Å². The van der Waals surface area contributed by atoms with Gasteiger partial charge in [-0.1, -0.05) is 94.4 Å². The van der Waals surface area contributed by atoms with Crippen molar-refractivity contribution in [1.82, 2.24) is 0 Å². The Labute approximate surface area is 197 Å². The molecule has 2 heteroatoms. The standard InChI is InChI=1S/C31H34O2/c1-30(2,17-9-12-29(32)33-5)27-15-13-22-18-23-14-16-28(21-25(23)19-24(22)20-27)31(3,4)26-10-7-6-8-11-26/h6-8,10-11,13-16,18-21H,9,12,17H2,1-5H3. The number of hydrogen-bond donors (Lipinski definition) is 0. The largest absolute Gasteiger partial charge is 0.469 e. The van der Waals surface area contributed by atoms with Crippen LogP contribution in [-0.2, 0) is 20.4 Å². The van der Waals surface area contributed by atoms with Gasteiger partial charge in [-0.15, -0.1) is 0 Å². The lowest BCUT2D eigenvalue weighted by atomic mass is 9.77. The molecular weight excluding hydrogens is 404 g/mol. The summed E-state index contributed by atoms with van der Waals surface area (Å²) in [5.74, 6) is -0.134. The van der Waals surface area contributed by atoms with Gasteiger partial charge in [0.2, 0.25) is 0 Å². The first kappa shape index (κ1) is 23.0. The summed E-state index contributed by atoms with van der Waals surface area (Å²) in [6, 6.07) is 29.0. The number of carbonyl (C=O) groups is 1. The Morgan fingerprint density at radius 1 is 0.697 bits per heavy atom. The number of fused-ring (bicyclic) bond motifs is 2. The Hall–Kier alpha value is -3.13. The minimum Gasteiger partial charge on any atom is -0.469 e. The second kappa shape index (κ2) is 9.02. The van der Waals surface area contributed by atoms with E-state index in [9.17, 15) is 4.79 Å². The number of carbonyl (C=O) groups excluding carboxylic acids is 1. The van der Waals surface area contributed by atoms with E-state index >= 15 is 0 Å². The molecule has 0 saturated heterocycles. The van der Waals surface area contributed by atoms with E-state index in [1.807, 2.05) is 0 Å². The quantitative estimate of drug-likeness (QED) is 0.216. The lowest BCUT2D eigenvalue weighted by Gasteiger charge is -2.27. The molecule has 0 atom stereocenters. The average Bonchev–Trinajstić information content (AvgIpc) is 2.82. The van der Waals surface area contributed by atoms with Crippen LogP contribution in [0.4, 0.5) is 0 Å². The van der Waals surface area contributed by atoms with Gasteiger partial charge in [0, 0.05) is 11.8 Å². The topological polar surface area (TPSA) is 26.3 Å². The highest BCUT2D eigenvalue weighted by molar-refractivity contribution is 5.98. The number of methoxy groups -OCH3 is 1. The predicted octanol–water partition coefficient (Wildman–Crippen LogP) is 7.94. The number of ether oxygens (including phenoxy) is 1. The van der Waals surface area contributed by atoms with Crippen LogP contribution in [0.25, 0.3) is 21.5 Å². The van der Waals surface area contributed by atoms with Crippen molar-refractivity contribution in [1.29, 1.82) is 0 Å². The second-order valence-electron chi connectivity index (χ2n) is 10.3. The van der Waals surface area contributed by atoms with E-state index in [1.54, 1.807) is 0 Å². The van der Waals surface area contributed by atoms with Gasteiger partial charge in [-0.25, -0.2) is 0 Å². The maximum Gasteiger partial charge on any atom is 0.305 e. The van der Waals surface area contributed by atoms with Crippen LogP contribution in [0.5, 0.6) is 0 Å². The van der Waals surface area contributed by atoms with Crippen LogP contribution < -0.4 is 0 Å². The Morgan fingerprint density at radius 2 is 1.27 bits per heavy atom. The Morgan fingerprint density at radius 3 is 1.91 bits per heavy atom. The molecule has 0 aromatic heterocycles. The van der Waals surface area contributed by atoms with Crippen molar-refractivity contribution in [3.63, 3.8) is 0 Å². The van der Waals surface area contributed by atoms with Gasteiger partial charge in [-0.2, -0.15) is 0 Å². The summed E-state index contributed by atoms with van der Waals surface area (Å²) in [5.41, 5.74) is 3.88. The third-order valence-electron chi connectivity index (χ3n) is 7.20. The Bertz CT molecular complexity index is 1280. The fourth-order valence-corrected chi connectivity index (χ4v) is 4.75. The molecule has 0 saturated carbocycles. The number of rotatable bonds is 7. The zero-order chi connectivity index (χ0) is 23.6. The third-order valence-corrected chi connectivity index (χ3v) is 7.20. The smallest absolute Gasteiger partial charge is 0.305 e. The van der Waals surface area contributed by atoms with Crippen molar-refractivity contribution < 1.29 is 9.53 Å². The van der Waals surface area contributed by atoms with E-state index in [0.717, 1.165) is 12.8 Å². The van der Waals surface area contributed by atoms with Gasteiger partial charge >= 0.3 is 5.97 Å². The van der Waals surface area contributed by atoms with Crippen LogP contribution >= 0.6 is 0 Å². The van der Waals surface area contributed by atoms with Gasteiger partial charge in [0.25, 0.3) is 0 Å². The van der Waals surface area contributed by atoms with Gasteiger partial charge in [0.1, 0.15) is 0 Å². The van der Waals surface area contributed by atoms with E-state index in [-0.39, 0.29) is 16.8 Å². The van der Waals surface area contributed by atoms with E-state index in [2.05, 4.69) is 107 Å². The summed E-state index contributed by atoms with van der Waals surface area (Å²) in [5, 5.41) is 5.05. The third kappa shape index (κ3) is 4.80. The lowest BCUT2D eigenvalue weighted by molar-refractivity contribution is -0.140. The summed E-state index contributed by atoms with van der Waals surface area (Å²) in [6.07, 6.45) is 2.24. The molecule has 0 N–H and O–H groups in total. The van der Waals surface area contributed by atoms with Crippen LogP contribution in [0.3, 0.4) is 0 Å². The van der Waals surface area contributed by atoms with Crippen LogP contribution in [0.2, 0.25) is 0 Å². The molecular formula is C31H34O2. The minimum absolute atomic E-state index is 0.00564. The molecule has 0 heterocycles. The number of esters is 1. The average molecular weight is 439 g/mol. The molecule has 4 rings (SSSR count). The van der Waals surface area contributed by atoms with Crippen LogP contribution in [-0.4, -0.2) is 13.1 Å². The Kier molecular flexibility index (Phi) is 6.30. The minimum atomic E-state index is -0.134. The van der Waals surface area contributed by atoms with E-state index in [4.69, 9.17) is 4.74 Å². The molecule has 0 radical (unpaired) electrons. The molecule has 4 aromatic carbocycles. The maximum absolute atomic E-state index is 11.5. The molecule has 0 aliphatic rings. The number of hydrogen-bond acceptors (Lipinski definition) is 2. The maximum atomic E-state index is 11.5. The number of benzene rings is 4. The van der Waals surface area contributed by atoms with Crippen molar-refractivity contribution in [2.45, 2.75) is 57.8 Å². The predicted molar refractivity (Wildman–Crippen MR) is 139 cm³/mol. The molecule has 0 fully saturated rings. The molecule has 2 nitrogen and oxygen atoms in total. The van der Waals surface area contributed by atoms with Crippen molar-refractivity contribution in [3.8, 4) is 0 Å². The molecule has 0 spiro atoms. The zero-order valence-corrected chi connectivity index (χ0v) is 20.4. The molecule has 0 amide bonds. The molecule has 170 valence electrons. The molecule has 4 aromatic rings. The normalized spacial score (nSPS) is 12.3. The van der Waals surface area contributed by atoms with Gasteiger partial charge in [-0.05, 0) is 68.6 Å².